The minimum Gasteiger partial charge on any atom is -0.370 e. The summed E-state index contributed by atoms with van der Waals surface area (Å²) < 4.78 is 13.2. The van der Waals surface area contributed by atoms with Crippen molar-refractivity contribution in [3.8, 4) is 0 Å². The predicted molar refractivity (Wildman–Crippen MR) is 96.2 cm³/mol. The smallest absolute Gasteiger partial charge is 0.255 e. The van der Waals surface area contributed by atoms with Gasteiger partial charge in [-0.05, 0) is 42.2 Å². The van der Waals surface area contributed by atoms with E-state index >= 15 is 0 Å². The number of pyridine rings is 1. The van der Waals surface area contributed by atoms with E-state index in [0.717, 1.165) is 13.0 Å². The first-order valence-electron chi connectivity index (χ1n) is 7.71. The number of halogens is 2. The molecule has 0 aliphatic heterocycles. The molecule has 2 aromatic rings. The van der Waals surface area contributed by atoms with Crippen LogP contribution >= 0.6 is 11.6 Å². The molecular weight excluding hydrogens is 329 g/mol. The van der Waals surface area contributed by atoms with Crippen LogP contribution in [0.25, 0.3) is 0 Å². The van der Waals surface area contributed by atoms with E-state index < -0.39 is 5.82 Å². The number of carbonyl (C=O) groups excluding carboxylic acids is 1. The highest BCUT2D eigenvalue weighted by Crippen LogP contribution is 2.21. The molecule has 0 spiro atoms. The number of anilines is 2. The molecule has 0 bridgehead atoms. The van der Waals surface area contributed by atoms with Gasteiger partial charge in [0, 0.05) is 24.0 Å². The van der Waals surface area contributed by atoms with E-state index in [1.54, 1.807) is 18.3 Å². The quantitative estimate of drug-likeness (QED) is 0.800. The number of hydrogen-bond donors (Lipinski definition) is 2. The molecule has 24 heavy (non-hydrogen) atoms. The molecule has 1 heterocycles. The molecule has 0 aliphatic carbocycles. The van der Waals surface area contributed by atoms with Crippen LogP contribution in [0.2, 0.25) is 5.02 Å². The number of nitrogens with zero attached hydrogens (tertiary/aromatic N) is 1. The van der Waals surface area contributed by atoms with Crippen LogP contribution in [0.15, 0.2) is 36.5 Å². The van der Waals surface area contributed by atoms with E-state index in [1.165, 1.54) is 18.2 Å². The van der Waals surface area contributed by atoms with E-state index in [-0.39, 0.29) is 16.3 Å². The molecule has 0 atom stereocenters. The summed E-state index contributed by atoms with van der Waals surface area (Å²) in [6.07, 6.45) is 2.56. The van der Waals surface area contributed by atoms with E-state index in [2.05, 4.69) is 36.4 Å². The molecule has 0 unspecified atom stereocenters. The molecule has 0 aliphatic rings. The highest BCUT2D eigenvalue weighted by atomic mass is 35.5. The lowest BCUT2D eigenvalue weighted by Gasteiger charge is -2.18. The Kier molecular flexibility index (Phi) is 5.78. The fourth-order valence-corrected chi connectivity index (χ4v) is 2.19. The minimum absolute atomic E-state index is 0.0351. The van der Waals surface area contributed by atoms with Crippen molar-refractivity contribution in [1.29, 1.82) is 0 Å². The average Bonchev–Trinajstić information content (AvgIpc) is 2.50. The van der Waals surface area contributed by atoms with Gasteiger partial charge in [0.05, 0.1) is 5.02 Å². The van der Waals surface area contributed by atoms with Crippen LogP contribution in [0.3, 0.4) is 0 Å². The Balaban J connectivity index is 2.01. The van der Waals surface area contributed by atoms with Gasteiger partial charge < -0.3 is 10.6 Å². The first-order valence-corrected chi connectivity index (χ1v) is 8.09. The lowest BCUT2D eigenvalue weighted by Crippen LogP contribution is -2.15. The topological polar surface area (TPSA) is 54.0 Å². The van der Waals surface area contributed by atoms with E-state index in [9.17, 15) is 9.18 Å². The number of nitrogens with one attached hydrogen (secondary N) is 2. The molecular formula is C18H21ClFN3O. The molecule has 1 aromatic carbocycles. The van der Waals surface area contributed by atoms with Crippen molar-refractivity contribution in [3.63, 3.8) is 0 Å². The second-order valence-electron chi connectivity index (χ2n) is 6.75. The summed E-state index contributed by atoms with van der Waals surface area (Å²) in [6, 6.07) is 7.35. The van der Waals surface area contributed by atoms with Gasteiger partial charge in [-0.1, -0.05) is 32.4 Å². The van der Waals surface area contributed by atoms with Gasteiger partial charge >= 0.3 is 0 Å². The zero-order valence-corrected chi connectivity index (χ0v) is 14.7. The van der Waals surface area contributed by atoms with Crippen LogP contribution in [0.5, 0.6) is 0 Å². The lowest BCUT2D eigenvalue weighted by atomic mass is 9.92. The minimum atomic E-state index is -0.524. The summed E-state index contributed by atoms with van der Waals surface area (Å²) >= 11 is 5.72. The summed E-state index contributed by atoms with van der Waals surface area (Å²) in [5, 5.41) is 5.87. The average molecular weight is 350 g/mol. The third-order valence-electron chi connectivity index (χ3n) is 3.38. The maximum Gasteiger partial charge on any atom is 0.255 e. The summed E-state index contributed by atoms with van der Waals surface area (Å²) in [6.45, 7) is 7.27. The first kappa shape index (κ1) is 18.2. The number of aromatic nitrogens is 1. The molecule has 4 nitrogen and oxygen atoms in total. The van der Waals surface area contributed by atoms with Crippen LogP contribution in [0.4, 0.5) is 15.9 Å². The van der Waals surface area contributed by atoms with E-state index in [1.807, 2.05) is 0 Å². The lowest BCUT2D eigenvalue weighted by molar-refractivity contribution is 0.102. The molecule has 1 amide bonds. The largest absolute Gasteiger partial charge is 0.370 e. The van der Waals surface area contributed by atoms with Gasteiger partial charge in [0.25, 0.3) is 5.91 Å². The Morgan fingerprint density at radius 2 is 2.00 bits per heavy atom. The molecule has 2 N–H and O–H groups in total. The van der Waals surface area contributed by atoms with Gasteiger partial charge in [-0.25, -0.2) is 9.37 Å². The number of amides is 1. The standard InChI is InChI=1S/C18H21ClFN3O/c1-18(2,3)7-9-22-16-10-12(6-8-21-16)17(24)23-13-4-5-15(20)14(19)11-13/h4-6,8,10-11H,7,9H2,1-3H3,(H,21,22)(H,23,24). The van der Waals surface area contributed by atoms with Crippen molar-refractivity contribution in [1.82, 2.24) is 4.98 Å². The van der Waals surface area contributed by atoms with Gasteiger partial charge in [-0.2, -0.15) is 0 Å². The van der Waals surface area contributed by atoms with Crippen LogP contribution in [0.1, 0.15) is 37.6 Å². The van der Waals surface area contributed by atoms with Gasteiger partial charge in [0.2, 0.25) is 0 Å². The van der Waals surface area contributed by atoms with Crippen molar-refractivity contribution in [2.24, 2.45) is 5.41 Å². The fraction of sp³-hybridized carbons (Fsp3) is 0.333. The number of benzene rings is 1. The molecule has 2 rings (SSSR count). The maximum absolute atomic E-state index is 13.2. The zero-order chi connectivity index (χ0) is 17.7. The molecule has 0 radical (unpaired) electrons. The molecule has 0 saturated carbocycles. The second kappa shape index (κ2) is 7.62. The Morgan fingerprint density at radius 3 is 2.67 bits per heavy atom. The molecule has 0 saturated heterocycles. The Hall–Kier alpha value is -2.14. The van der Waals surface area contributed by atoms with Crippen molar-refractivity contribution in [2.75, 3.05) is 17.2 Å². The van der Waals surface area contributed by atoms with Crippen molar-refractivity contribution < 1.29 is 9.18 Å². The van der Waals surface area contributed by atoms with E-state index in [4.69, 9.17) is 11.6 Å². The van der Waals surface area contributed by atoms with Crippen molar-refractivity contribution in [3.05, 3.63) is 52.9 Å². The normalized spacial score (nSPS) is 11.2. The molecule has 0 fully saturated rings. The monoisotopic (exact) mass is 349 g/mol. The Morgan fingerprint density at radius 1 is 1.25 bits per heavy atom. The second-order valence-corrected chi connectivity index (χ2v) is 7.16. The predicted octanol–water partition coefficient (Wildman–Crippen LogP) is 4.97. The third kappa shape index (κ3) is 5.49. The third-order valence-corrected chi connectivity index (χ3v) is 3.67. The molecule has 128 valence electrons. The van der Waals surface area contributed by atoms with Crippen LogP contribution in [0, 0.1) is 11.2 Å². The summed E-state index contributed by atoms with van der Waals surface area (Å²) in [4.78, 5) is 16.5. The SMILES string of the molecule is CC(C)(C)CCNc1cc(C(=O)Nc2ccc(F)c(Cl)c2)ccn1. The van der Waals surface area contributed by atoms with Gasteiger partial charge in [0.1, 0.15) is 11.6 Å². The summed E-state index contributed by atoms with van der Waals surface area (Å²) in [5.74, 6) is -0.188. The number of hydrogen-bond acceptors (Lipinski definition) is 3. The van der Waals surface area contributed by atoms with Gasteiger partial charge in [-0.3, -0.25) is 4.79 Å². The van der Waals surface area contributed by atoms with Crippen LogP contribution in [-0.2, 0) is 0 Å². The fourth-order valence-electron chi connectivity index (χ4n) is 2.01. The first-order chi connectivity index (χ1) is 11.2. The van der Waals surface area contributed by atoms with Crippen LogP contribution in [-0.4, -0.2) is 17.4 Å². The highest BCUT2D eigenvalue weighted by Gasteiger charge is 2.11. The maximum atomic E-state index is 13.2. The number of rotatable bonds is 5. The number of carbonyl (C=O) groups is 1. The highest BCUT2D eigenvalue weighted by molar-refractivity contribution is 6.31. The van der Waals surface area contributed by atoms with Crippen molar-refractivity contribution in [2.45, 2.75) is 27.2 Å². The Labute approximate surface area is 146 Å². The summed E-state index contributed by atoms with van der Waals surface area (Å²) in [5.41, 5.74) is 1.12. The molecule has 1 aromatic heterocycles. The van der Waals surface area contributed by atoms with Crippen molar-refractivity contribution >= 4 is 29.0 Å². The Bertz CT molecular complexity index is 728. The van der Waals surface area contributed by atoms with Crippen LogP contribution < -0.4 is 10.6 Å². The van der Waals surface area contributed by atoms with Gasteiger partial charge in [0.15, 0.2) is 0 Å². The summed E-state index contributed by atoms with van der Waals surface area (Å²) in [7, 11) is 0. The van der Waals surface area contributed by atoms with Gasteiger partial charge in [-0.15, -0.1) is 0 Å². The van der Waals surface area contributed by atoms with E-state index in [0.29, 0.717) is 17.1 Å². The molecule has 6 heteroatoms. The zero-order valence-electron chi connectivity index (χ0n) is 14.0.